The zero-order valence-electron chi connectivity index (χ0n) is 19.0. The van der Waals surface area contributed by atoms with Crippen LogP contribution in [0.25, 0.3) is 10.8 Å². The lowest BCUT2D eigenvalue weighted by molar-refractivity contribution is -0.164. The molecule has 0 N–H and O–H groups in total. The molecule has 2 unspecified atom stereocenters. The van der Waals surface area contributed by atoms with Crippen LogP contribution in [0.3, 0.4) is 0 Å². The van der Waals surface area contributed by atoms with E-state index in [2.05, 4.69) is 4.90 Å². The van der Waals surface area contributed by atoms with Crippen LogP contribution in [0.1, 0.15) is 37.7 Å². The largest absolute Gasteiger partial charge is 0.497 e. The van der Waals surface area contributed by atoms with Crippen LogP contribution in [0.2, 0.25) is 0 Å². The number of hydrogen-bond donors (Lipinski definition) is 0. The van der Waals surface area contributed by atoms with Gasteiger partial charge in [-0.15, -0.1) is 0 Å². The molecule has 6 heteroatoms. The molecule has 0 radical (unpaired) electrons. The van der Waals surface area contributed by atoms with Gasteiger partial charge in [-0.3, -0.25) is 9.69 Å². The van der Waals surface area contributed by atoms with E-state index >= 15 is 0 Å². The summed E-state index contributed by atoms with van der Waals surface area (Å²) in [5.74, 6) is -0.745. The average Bonchev–Trinajstić information content (AvgIpc) is 2.71. The summed E-state index contributed by atoms with van der Waals surface area (Å²) < 4.78 is 10.5. The standard InChI is InChI=1S/C24H34N2O4/c1-17(18-10-11-20-16-21(29-6)13-12-19(20)15-18)23(27)30-24(28)22(26(4)5)9-7-8-14-25(2)3/h10-13,15-17,22H,7-9,14H2,1-6H3. The highest BCUT2D eigenvalue weighted by Gasteiger charge is 2.27. The summed E-state index contributed by atoms with van der Waals surface area (Å²) in [7, 11) is 9.36. The third-order valence-electron chi connectivity index (χ3n) is 5.35. The zero-order chi connectivity index (χ0) is 22.3. The molecule has 0 saturated carbocycles. The predicted molar refractivity (Wildman–Crippen MR) is 120 cm³/mol. The first kappa shape index (κ1) is 23.8. The van der Waals surface area contributed by atoms with Crippen molar-refractivity contribution in [3.63, 3.8) is 0 Å². The van der Waals surface area contributed by atoms with E-state index in [-0.39, 0.29) is 0 Å². The lowest BCUT2D eigenvalue weighted by Crippen LogP contribution is -2.38. The molecule has 0 spiro atoms. The van der Waals surface area contributed by atoms with Crippen LogP contribution in [0.5, 0.6) is 5.75 Å². The van der Waals surface area contributed by atoms with Gasteiger partial charge in [-0.2, -0.15) is 0 Å². The van der Waals surface area contributed by atoms with Crippen LogP contribution in [0.4, 0.5) is 0 Å². The van der Waals surface area contributed by atoms with Gasteiger partial charge in [-0.1, -0.05) is 30.7 Å². The van der Waals surface area contributed by atoms with E-state index < -0.39 is 23.9 Å². The normalized spacial score (nSPS) is 13.5. The summed E-state index contributed by atoms with van der Waals surface area (Å²) in [4.78, 5) is 29.2. The Hall–Kier alpha value is -2.44. The van der Waals surface area contributed by atoms with Crippen molar-refractivity contribution >= 4 is 22.7 Å². The van der Waals surface area contributed by atoms with E-state index in [1.807, 2.05) is 69.5 Å². The maximum Gasteiger partial charge on any atom is 0.330 e. The first-order chi connectivity index (χ1) is 14.2. The van der Waals surface area contributed by atoms with Gasteiger partial charge in [-0.25, -0.2) is 4.79 Å². The second kappa shape index (κ2) is 11.1. The molecule has 0 aliphatic rings. The number of nitrogens with zero attached hydrogens (tertiary/aromatic N) is 2. The van der Waals surface area contributed by atoms with Crippen molar-refractivity contribution in [2.45, 2.75) is 38.1 Å². The minimum Gasteiger partial charge on any atom is -0.497 e. The molecule has 2 aromatic carbocycles. The molecule has 30 heavy (non-hydrogen) atoms. The number of hydrogen-bond acceptors (Lipinski definition) is 6. The van der Waals surface area contributed by atoms with Crippen LogP contribution in [-0.2, 0) is 14.3 Å². The lowest BCUT2D eigenvalue weighted by atomic mass is 9.97. The van der Waals surface area contributed by atoms with Gasteiger partial charge in [0.05, 0.1) is 13.0 Å². The van der Waals surface area contributed by atoms with Gasteiger partial charge in [0.15, 0.2) is 0 Å². The molecule has 0 aliphatic heterocycles. The fraction of sp³-hybridized carbons (Fsp3) is 0.500. The number of likely N-dealkylation sites (N-methyl/N-ethyl adjacent to an activating group) is 1. The molecule has 6 nitrogen and oxygen atoms in total. The number of unbranched alkanes of at least 4 members (excludes halogenated alkanes) is 1. The van der Waals surface area contributed by atoms with E-state index in [1.165, 1.54) is 0 Å². The van der Waals surface area contributed by atoms with Crippen molar-refractivity contribution in [1.29, 1.82) is 0 Å². The molecule has 0 saturated heterocycles. The summed E-state index contributed by atoms with van der Waals surface area (Å²) in [5, 5.41) is 2.03. The minimum atomic E-state index is -0.531. The Morgan fingerprint density at radius 2 is 1.60 bits per heavy atom. The number of benzene rings is 2. The first-order valence-electron chi connectivity index (χ1n) is 10.4. The topological polar surface area (TPSA) is 59.1 Å². The van der Waals surface area contributed by atoms with Gasteiger partial charge < -0.3 is 14.4 Å². The van der Waals surface area contributed by atoms with Crippen molar-refractivity contribution in [2.75, 3.05) is 41.8 Å². The first-order valence-corrected chi connectivity index (χ1v) is 10.4. The molecule has 164 valence electrons. The third-order valence-corrected chi connectivity index (χ3v) is 5.35. The summed E-state index contributed by atoms with van der Waals surface area (Å²) in [6, 6.07) is 11.2. The Kier molecular flexibility index (Phi) is 8.81. The molecule has 0 amide bonds. The van der Waals surface area contributed by atoms with Crippen molar-refractivity contribution < 1.29 is 19.1 Å². The maximum absolute atomic E-state index is 12.6. The fourth-order valence-electron chi connectivity index (χ4n) is 3.38. The van der Waals surface area contributed by atoms with Crippen LogP contribution in [0.15, 0.2) is 36.4 Å². The SMILES string of the molecule is COc1ccc2cc(C(C)C(=O)OC(=O)C(CCCCN(C)C)N(C)C)ccc2c1. The Morgan fingerprint density at radius 1 is 0.933 bits per heavy atom. The summed E-state index contributed by atoms with van der Waals surface area (Å²) in [5.41, 5.74) is 0.817. The summed E-state index contributed by atoms with van der Waals surface area (Å²) >= 11 is 0. The van der Waals surface area contributed by atoms with Gasteiger partial charge in [0, 0.05) is 0 Å². The van der Waals surface area contributed by atoms with Crippen molar-refractivity contribution in [3.05, 3.63) is 42.0 Å². The molecule has 2 atom stereocenters. The Balaban J connectivity index is 2.02. The predicted octanol–water partition coefficient (Wildman–Crippen LogP) is 3.68. The summed E-state index contributed by atoms with van der Waals surface area (Å²) in [6.45, 7) is 2.74. The van der Waals surface area contributed by atoms with Crippen LogP contribution in [0, 0.1) is 0 Å². The number of rotatable bonds is 10. The van der Waals surface area contributed by atoms with E-state index in [0.717, 1.165) is 41.5 Å². The number of fused-ring (bicyclic) bond motifs is 1. The molecular formula is C24H34N2O4. The van der Waals surface area contributed by atoms with Gasteiger partial charge >= 0.3 is 11.9 Å². The van der Waals surface area contributed by atoms with Crippen molar-refractivity contribution in [1.82, 2.24) is 9.80 Å². The van der Waals surface area contributed by atoms with E-state index in [9.17, 15) is 9.59 Å². The highest BCUT2D eigenvalue weighted by Crippen LogP contribution is 2.26. The van der Waals surface area contributed by atoms with E-state index in [0.29, 0.717) is 6.42 Å². The van der Waals surface area contributed by atoms with Gasteiger partial charge in [0.2, 0.25) is 0 Å². The van der Waals surface area contributed by atoms with Crippen LogP contribution in [-0.4, -0.2) is 69.6 Å². The second-order valence-electron chi connectivity index (χ2n) is 8.21. The number of methoxy groups -OCH3 is 1. The van der Waals surface area contributed by atoms with Gasteiger partial charge in [0.25, 0.3) is 0 Å². The monoisotopic (exact) mass is 414 g/mol. The third kappa shape index (κ3) is 6.54. The average molecular weight is 415 g/mol. The molecule has 2 aromatic rings. The fourth-order valence-corrected chi connectivity index (χ4v) is 3.38. The van der Waals surface area contributed by atoms with E-state index in [4.69, 9.17) is 9.47 Å². The molecule has 0 aliphatic carbocycles. The van der Waals surface area contributed by atoms with Crippen LogP contribution >= 0.6 is 0 Å². The molecule has 0 fully saturated rings. The van der Waals surface area contributed by atoms with Crippen molar-refractivity contribution in [3.8, 4) is 5.75 Å². The Bertz CT molecular complexity index is 863. The Labute approximate surface area is 179 Å². The van der Waals surface area contributed by atoms with Gasteiger partial charge in [0.1, 0.15) is 11.8 Å². The quantitative estimate of drug-likeness (QED) is 0.336. The summed E-state index contributed by atoms with van der Waals surface area (Å²) in [6.07, 6.45) is 2.56. The lowest BCUT2D eigenvalue weighted by Gasteiger charge is -2.23. The highest BCUT2D eigenvalue weighted by atomic mass is 16.6. The molecule has 0 bridgehead atoms. The molecular weight excluding hydrogens is 380 g/mol. The highest BCUT2D eigenvalue weighted by molar-refractivity contribution is 5.92. The number of carbonyl (C=O) groups excluding carboxylic acids is 2. The molecule has 0 heterocycles. The smallest absolute Gasteiger partial charge is 0.330 e. The van der Waals surface area contributed by atoms with Gasteiger partial charge in [-0.05, 0) is 83.0 Å². The number of esters is 2. The van der Waals surface area contributed by atoms with Crippen molar-refractivity contribution in [2.24, 2.45) is 0 Å². The zero-order valence-corrected chi connectivity index (χ0v) is 19.0. The Morgan fingerprint density at radius 3 is 2.23 bits per heavy atom. The van der Waals surface area contributed by atoms with Crippen LogP contribution < -0.4 is 4.74 Å². The second-order valence-corrected chi connectivity index (χ2v) is 8.21. The number of carbonyl (C=O) groups is 2. The molecule has 0 aromatic heterocycles. The number of ether oxygens (including phenoxy) is 2. The maximum atomic E-state index is 12.6. The van der Waals surface area contributed by atoms with E-state index in [1.54, 1.807) is 14.0 Å². The molecule has 2 rings (SSSR count). The minimum absolute atomic E-state index is 0.424.